The van der Waals surface area contributed by atoms with E-state index in [1.54, 1.807) is 18.2 Å². The van der Waals surface area contributed by atoms with Crippen molar-refractivity contribution in [2.75, 3.05) is 66.7 Å². The zero-order valence-electron chi connectivity index (χ0n) is 23.6. The van der Waals surface area contributed by atoms with E-state index < -0.39 is 5.97 Å². The fraction of sp³-hybridized carbons (Fsp3) is 0.533. The van der Waals surface area contributed by atoms with Gasteiger partial charge >= 0.3 is 11.9 Å². The number of esters is 2. The van der Waals surface area contributed by atoms with Gasteiger partial charge in [-0.25, -0.2) is 9.59 Å². The Morgan fingerprint density at radius 2 is 1.60 bits per heavy atom. The van der Waals surface area contributed by atoms with Gasteiger partial charge in [0.25, 0.3) is 0 Å². The van der Waals surface area contributed by atoms with Crippen LogP contribution < -0.4 is 19.5 Å². The molecule has 0 aromatic heterocycles. The minimum Gasteiger partial charge on any atom is -0.493 e. The summed E-state index contributed by atoms with van der Waals surface area (Å²) < 4.78 is 28.7. The standard InChI is InChI=1S/C30H41N2O7P/c1-35-25-20-22-21-26(28(25)36-2)37-18-5-8-23(39-30(34)24-9-3-4-10-27(24)40)11-15-32-13-6-12-31(16-17-32)14-7-19-38-29(22)33/h3-4,9-10,20-21,23H,5-8,11-19,40H2,1-2H3. The van der Waals surface area contributed by atoms with Gasteiger partial charge in [0.1, 0.15) is 6.10 Å². The molecule has 2 aliphatic heterocycles. The predicted octanol–water partition coefficient (Wildman–Crippen LogP) is 3.55. The zero-order chi connectivity index (χ0) is 28.3. The molecule has 0 spiro atoms. The summed E-state index contributed by atoms with van der Waals surface area (Å²) in [7, 11) is 5.66. The van der Waals surface area contributed by atoms with E-state index in [9.17, 15) is 9.59 Å². The minimum atomic E-state index is -0.424. The van der Waals surface area contributed by atoms with Gasteiger partial charge in [-0.05, 0) is 68.7 Å². The van der Waals surface area contributed by atoms with E-state index in [1.807, 2.05) is 18.2 Å². The summed E-state index contributed by atoms with van der Waals surface area (Å²) in [4.78, 5) is 30.8. The highest BCUT2D eigenvalue weighted by Gasteiger charge is 2.22. The summed E-state index contributed by atoms with van der Waals surface area (Å²) in [5, 5.41) is 0.819. The second kappa shape index (κ2) is 15.2. The molecule has 9 nitrogen and oxygen atoms in total. The van der Waals surface area contributed by atoms with Crippen molar-refractivity contribution < 1.29 is 33.3 Å². The average Bonchev–Trinajstić information content (AvgIpc) is 3.20. The van der Waals surface area contributed by atoms with Crippen LogP contribution in [-0.4, -0.2) is 94.5 Å². The van der Waals surface area contributed by atoms with Crippen LogP contribution >= 0.6 is 9.24 Å². The summed E-state index contributed by atoms with van der Waals surface area (Å²) in [5.74, 6) is 0.484. The lowest BCUT2D eigenvalue weighted by atomic mass is 10.1. The lowest BCUT2D eigenvalue weighted by Crippen LogP contribution is -2.34. The molecular weight excluding hydrogens is 531 g/mol. The monoisotopic (exact) mass is 572 g/mol. The second-order valence-corrected chi connectivity index (χ2v) is 10.8. The SMILES string of the molecule is COc1cc2cc(c1OC)OCCCC(OC(=O)c1ccccc1P)CCN1CCCN(CCCOC2=O)CC1. The first-order valence-electron chi connectivity index (χ1n) is 14.0. The predicted molar refractivity (Wildman–Crippen MR) is 156 cm³/mol. The maximum Gasteiger partial charge on any atom is 0.339 e. The number of carbonyl (C=O) groups excluding carboxylic acids is 2. The van der Waals surface area contributed by atoms with Gasteiger partial charge in [-0.3, -0.25) is 0 Å². The van der Waals surface area contributed by atoms with Crippen LogP contribution in [0.1, 0.15) is 52.8 Å². The molecule has 0 N–H and O–H groups in total. The van der Waals surface area contributed by atoms with Crippen LogP contribution in [0.3, 0.4) is 0 Å². The summed E-state index contributed by atoms with van der Waals surface area (Å²) in [6, 6.07) is 10.7. The molecule has 0 aliphatic carbocycles. The maximum absolute atomic E-state index is 13.1. The number of cyclic esters (lactones) is 1. The summed E-state index contributed by atoms with van der Waals surface area (Å²) in [6.45, 7) is 6.39. The minimum absolute atomic E-state index is 0.250. The van der Waals surface area contributed by atoms with Gasteiger partial charge in [0.15, 0.2) is 11.5 Å². The molecule has 40 heavy (non-hydrogen) atoms. The molecule has 0 radical (unpaired) electrons. The zero-order valence-corrected chi connectivity index (χ0v) is 24.7. The Balaban J connectivity index is 1.52. The number of benzene rings is 2. The summed E-state index contributed by atoms with van der Waals surface area (Å²) >= 11 is 0. The Morgan fingerprint density at radius 3 is 2.35 bits per heavy atom. The van der Waals surface area contributed by atoms with E-state index in [0.29, 0.717) is 54.4 Å². The van der Waals surface area contributed by atoms with Crippen LogP contribution in [0.2, 0.25) is 0 Å². The Kier molecular flexibility index (Phi) is 11.5. The Labute approximate surface area is 239 Å². The number of hydrogen-bond donors (Lipinski definition) is 0. The first kappa shape index (κ1) is 30.1. The third kappa shape index (κ3) is 8.32. The molecule has 1 saturated heterocycles. The fourth-order valence-corrected chi connectivity index (χ4v) is 5.47. The van der Waals surface area contributed by atoms with E-state index in [-0.39, 0.29) is 12.1 Å². The number of carbonyl (C=O) groups is 2. The van der Waals surface area contributed by atoms with Crippen LogP contribution in [-0.2, 0) is 9.47 Å². The molecule has 4 atom stereocenters. The Bertz CT molecular complexity index is 1150. The van der Waals surface area contributed by atoms with Crippen LogP contribution in [0, 0.1) is 0 Å². The van der Waals surface area contributed by atoms with Crippen molar-refractivity contribution in [1.29, 1.82) is 0 Å². The van der Waals surface area contributed by atoms with Crippen molar-refractivity contribution in [3.63, 3.8) is 0 Å². The highest BCUT2D eigenvalue weighted by molar-refractivity contribution is 7.27. The normalized spacial score (nSPS) is 22.9. The number of nitrogens with zero attached hydrogens (tertiary/aromatic N) is 2. The molecule has 10 heteroatoms. The average molecular weight is 573 g/mol. The van der Waals surface area contributed by atoms with Crippen molar-refractivity contribution in [3.8, 4) is 17.2 Å². The lowest BCUT2D eigenvalue weighted by molar-refractivity contribution is 0.0223. The smallest absolute Gasteiger partial charge is 0.339 e. The van der Waals surface area contributed by atoms with Crippen molar-refractivity contribution >= 4 is 26.5 Å². The number of fused-ring (bicyclic) bond motifs is 5. The first-order chi connectivity index (χ1) is 19.5. The van der Waals surface area contributed by atoms with Crippen molar-refractivity contribution in [2.24, 2.45) is 0 Å². The molecule has 2 heterocycles. The van der Waals surface area contributed by atoms with Gasteiger partial charge in [0.2, 0.25) is 5.75 Å². The largest absolute Gasteiger partial charge is 0.493 e. The lowest BCUT2D eigenvalue weighted by Gasteiger charge is -2.25. The highest BCUT2D eigenvalue weighted by Crippen LogP contribution is 2.39. The first-order valence-corrected chi connectivity index (χ1v) is 14.6. The van der Waals surface area contributed by atoms with E-state index in [4.69, 9.17) is 23.7 Å². The van der Waals surface area contributed by atoms with Gasteiger partial charge in [-0.1, -0.05) is 18.2 Å². The van der Waals surface area contributed by atoms with Crippen LogP contribution in [0.4, 0.5) is 0 Å². The van der Waals surface area contributed by atoms with Crippen molar-refractivity contribution in [3.05, 3.63) is 47.5 Å². The van der Waals surface area contributed by atoms with Crippen LogP contribution in [0.15, 0.2) is 36.4 Å². The number of methoxy groups -OCH3 is 2. The maximum atomic E-state index is 13.1. The third-order valence-corrected chi connectivity index (χ3v) is 7.87. The van der Waals surface area contributed by atoms with Gasteiger partial charge in [0.05, 0.1) is 38.6 Å². The van der Waals surface area contributed by atoms with E-state index in [0.717, 1.165) is 63.8 Å². The molecule has 218 valence electrons. The van der Waals surface area contributed by atoms with Crippen molar-refractivity contribution in [1.82, 2.24) is 9.80 Å². The summed E-state index contributed by atoms with van der Waals surface area (Å²) in [6.07, 6.45) is 3.63. The molecular formula is C30H41N2O7P. The van der Waals surface area contributed by atoms with Gasteiger partial charge in [0, 0.05) is 26.2 Å². The fourth-order valence-electron chi connectivity index (χ4n) is 5.14. The molecule has 0 saturated carbocycles. The van der Waals surface area contributed by atoms with Gasteiger partial charge in [-0.15, -0.1) is 9.24 Å². The summed E-state index contributed by atoms with van der Waals surface area (Å²) in [5.41, 5.74) is 0.907. The number of rotatable bonds is 4. The Morgan fingerprint density at radius 1 is 0.875 bits per heavy atom. The third-order valence-electron chi connectivity index (χ3n) is 7.36. The van der Waals surface area contributed by atoms with Gasteiger partial charge in [-0.2, -0.15) is 0 Å². The van der Waals surface area contributed by atoms with E-state index in [1.165, 1.54) is 14.2 Å². The number of ether oxygens (including phenoxy) is 5. The van der Waals surface area contributed by atoms with Crippen LogP contribution in [0.25, 0.3) is 0 Å². The molecule has 4 unspecified atom stereocenters. The molecule has 2 aromatic rings. The second-order valence-electron chi connectivity index (χ2n) is 10.1. The molecule has 2 aliphatic rings. The Hall–Kier alpha value is -2.87. The highest BCUT2D eigenvalue weighted by atomic mass is 31.0. The molecule has 4 rings (SSSR count). The number of hydrogen-bond acceptors (Lipinski definition) is 9. The molecule has 0 amide bonds. The van der Waals surface area contributed by atoms with Crippen molar-refractivity contribution in [2.45, 2.75) is 38.2 Å². The van der Waals surface area contributed by atoms with Crippen LogP contribution in [0.5, 0.6) is 17.2 Å². The molecule has 1 fully saturated rings. The van der Waals surface area contributed by atoms with E-state index in [2.05, 4.69) is 19.0 Å². The van der Waals surface area contributed by atoms with E-state index >= 15 is 0 Å². The molecule has 4 bridgehead atoms. The topological polar surface area (TPSA) is 86.8 Å². The quantitative estimate of drug-likeness (QED) is 0.403. The molecule has 2 aromatic carbocycles. The van der Waals surface area contributed by atoms with Gasteiger partial charge < -0.3 is 33.5 Å².